The molecule has 4 nitrogen and oxygen atoms in total. The zero-order valence-electron chi connectivity index (χ0n) is 23.8. The van der Waals surface area contributed by atoms with E-state index in [1.54, 1.807) is 0 Å². The monoisotopic (exact) mass is 482 g/mol. The van der Waals surface area contributed by atoms with Gasteiger partial charge in [-0.15, -0.1) is 0 Å². The fourth-order valence-corrected chi connectivity index (χ4v) is 4.61. The van der Waals surface area contributed by atoms with Crippen molar-refractivity contribution in [2.24, 2.45) is 0 Å². The lowest BCUT2D eigenvalue weighted by molar-refractivity contribution is -0.137. The fourth-order valence-electron chi connectivity index (χ4n) is 4.61. The Balaban J connectivity index is 3.00. The molecule has 0 bridgehead atoms. The van der Waals surface area contributed by atoms with E-state index in [0.29, 0.717) is 0 Å². The van der Waals surface area contributed by atoms with Gasteiger partial charge in [-0.05, 0) is 55.0 Å². The third-order valence-corrected chi connectivity index (χ3v) is 6.68. The maximum atomic E-state index is 12.1. The molecule has 2 aromatic carbocycles. The molecule has 3 N–H and O–H groups in total. The lowest BCUT2D eigenvalue weighted by atomic mass is 9.73. The largest absolute Gasteiger partial charge is 0.507 e. The minimum atomic E-state index is -0.889. The van der Waals surface area contributed by atoms with E-state index < -0.39 is 11.9 Å². The second kappa shape index (κ2) is 9.19. The van der Waals surface area contributed by atoms with Gasteiger partial charge in [-0.3, -0.25) is 4.79 Å². The molecule has 0 fully saturated rings. The third-order valence-electron chi connectivity index (χ3n) is 6.68. The van der Waals surface area contributed by atoms with Crippen molar-refractivity contribution in [2.45, 2.75) is 117 Å². The molecule has 194 valence electrons. The van der Waals surface area contributed by atoms with E-state index in [1.807, 2.05) is 24.3 Å². The number of hydrogen-bond donors (Lipinski definition) is 3. The van der Waals surface area contributed by atoms with Crippen LogP contribution in [0.3, 0.4) is 0 Å². The molecule has 0 saturated heterocycles. The Morgan fingerprint density at radius 3 is 1.00 bits per heavy atom. The molecule has 0 aliphatic heterocycles. The summed E-state index contributed by atoms with van der Waals surface area (Å²) in [5, 5.41) is 32.3. The predicted molar refractivity (Wildman–Crippen MR) is 145 cm³/mol. The molecule has 4 heteroatoms. The minimum absolute atomic E-state index is 0.0874. The summed E-state index contributed by atoms with van der Waals surface area (Å²) in [6.45, 7) is 24.7. The van der Waals surface area contributed by atoms with Gasteiger partial charge in [-0.25, -0.2) is 0 Å². The third kappa shape index (κ3) is 6.39. The Kier molecular flexibility index (Phi) is 7.54. The highest BCUT2D eigenvalue weighted by molar-refractivity contribution is 5.70. The number of phenolic OH excluding ortho intramolecular Hbond substituents is 2. The number of carbonyl (C=O) groups is 1. The summed E-state index contributed by atoms with van der Waals surface area (Å²) in [7, 11) is 0. The highest BCUT2D eigenvalue weighted by Gasteiger charge is 2.32. The Morgan fingerprint density at radius 2 is 0.829 bits per heavy atom. The second-order valence-corrected chi connectivity index (χ2v) is 14.1. The normalized spacial score (nSPS) is 13.4. The maximum absolute atomic E-state index is 12.1. The van der Waals surface area contributed by atoms with E-state index in [1.165, 1.54) is 0 Å². The van der Waals surface area contributed by atoms with Crippen LogP contribution in [0, 0.1) is 0 Å². The molecule has 0 aliphatic rings. The molecule has 0 atom stereocenters. The molecule has 0 unspecified atom stereocenters. The number of benzene rings is 2. The van der Waals surface area contributed by atoms with Gasteiger partial charge < -0.3 is 15.3 Å². The van der Waals surface area contributed by atoms with Crippen molar-refractivity contribution >= 4 is 5.97 Å². The van der Waals surface area contributed by atoms with Gasteiger partial charge in [-0.2, -0.15) is 0 Å². The number of rotatable bonds is 4. The van der Waals surface area contributed by atoms with Crippen LogP contribution in [-0.4, -0.2) is 21.3 Å². The summed E-state index contributed by atoms with van der Waals surface area (Å²) in [4.78, 5) is 12.1. The van der Waals surface area contributed by atoms with Crippen molar-refractivity contribution in [3.8, 4) is 11.5 Å². The highest BCUT2D eigenvalue weighted by atomic mass is 16.4. The zero-order chi connectivity index (χ0) is 27.3. The van der Waals surface area contributed by atoms with Gasteiger partial charge in [0.05, 0.1) is 6.42 Å². The van der Waals surface area contributed by atoms with Gasteiger partial charge in [0.2, 0.25) is 0 Å². The lowest BCUT2D eigenvalue weighted by Crippen LogP contribution is -2.21. The smallest absolute Gasteiger partial charge is 0.304 e. The molecule has 0 aromatic heterocycles. The van der Waals surface area contributed by atoms with Crippen LogP contribution in [0.15, 0.2) is 24.3 Å². The van der Waals surface area contributed by atoms with Gasteiger partial charge in [0.15, 0.2) is 0 Å². The Bertz CT molecular complexity index is 945. The number of hydrogen-bond acceptors (Lipinski definition) is 3. The summed E-state index contributed by atoms with van der Waals surface area (Å²) in [6, 6.07) is 7.88. The number of phenols is 2. The summed E-state index contributed by atoms with van der Waals surface area (Å²) in [5.74, 6) is -0.767. The van der Waals surface area contributed by atoms with Crippen molar-refractivity contribution in [1.29, 1.82) is 0 Å². The van der Waals surface area contributed by atoms with Crippen LogP contribution in [-0.2, 0) is 26.5 Å². The van der Waals surface area contributed by atoms with Crippen LogP contribution in [0.5, 0.6) is 11.5 Å². The molecule has 0 aliphatic carbocycles. The first kappa shape index (κ1) is 28.7. The molecular formula is C31H46O4. The van der Waals surface area contributed by atoms with Crippen molar-refractivity contribution in [3.05, 3.63) is 57.6 Å². The molecular weight excluding hydrogens is 436 g/mol. The fraction of sp³-hybridized carbons (Fsp3) is 0.581. The number of carboxylic acids is 1. The molecule has 35 heavy (non-hydrogen) atoms. The Morgan fingerprint density at radius 1 is 0.600 bits per heavy atom. The van der Waals surface area contributed by atoms with Gasteiger partial charge in [0, 0.05) is 5.92 Å². The molecule has 0 saturated carbocycles. The second-order valence-electron chi connectivity index (χ2n) is 14.1. The van der Waals surface area contributed by atoms with Gasteiger partial charge in [0.25, 0.3) is 0 Å². The quantitative estimate of drug-likeness (QED) is 0.414. The molecule has 0 heterocycles. The summed E-state index contributed by atoms with van der Waals surface area (Å²) in [6.07, 6.45) is -0.0874. The maximum Gasteiger partial charge on any atom is 0.304 e. The number of carboxylic acid groups (broad SMARTS) is 1. The van der Waals surface area contributed by atoms with Gasteiger partial charge in [0.1, 0.15) is 11.5 Å². The van der Waals surface area contributed by atoms with Crippen molar-refractivity contribution in [3.63, 3.8) is 0 Å². The standard InChI is InChI=1S/C31H46O4/c1-28(2,3)21-13-18(14-22(26(21)34)29(4,5)6)20(17-25(32)33)19-15-23(30(7,8)9)27(35)24(16-19)31(10,11)12/h13-16,20,34-35H,17H2,1-12H3,(H,32,33). The Labute approximate surface area is 212 Å². The van der Waals surface area contributed by atoms with Crippen LogP contribution < -0.4 is 0 Å². The Hall–Kier alpha value is -2.49. The predicted octanol–water partition coefficient (Wildman–Crippen LogP) is 7.89. The summed E-state index contributed by atoms with van der Waals surface area (Å²) in [5.41, 5.74) is 3.67. The topological polar surface area (TPSA) is 77.8 Å². The van der Waals surface area contributed by atoms with E-state index >= 15 is 0 Å². The van der Waals surface area contributed by atoms with Crippen LogP contribution in [0.2, 0.25) is 0 Å². The van der Waals surface area contributed by atoms with E-state index in [0.717, 1.165) is 33.4 Å². The van der Waals surface area contributed by atoms with Gasteiger partial charge >= 0.3 is 5.97 Å². The van der Waals surface area contributed by atoms with Crippen LogP contribution >= 0.6 is 0 Å². The van der Waals surface area contributed by atoms with Crippen molar-refractivity contribution in [1.82, 2.24) is 0 Å². The molecule has 0 amide bonds. The van der Waals surface area contributed by atoms with Crippen molar-refractivity contribution < 1.29 is 20.1 Å². The molecule has 2 rings (SSSR count). The summed E-state index contributed by atoms with van der Waals surface area (Å²) < 4.78 is 0. The minimum Gasteiger partial charge on any atom is -0.507 e. The number of aliphatic carboxylic acids is 1. The van der Waals surface area contributed by atoms with Gasteiger partial charge in [-0.1, -0.05) is 107 Å². The zero-order valence-corrected chi connectivity index (χ0v) is 23.8. The van der Waals surface area contributed by atoms with E-state index in [-0.39, 0.29) is 39.6 Å². The SMILES string of the molecule is CC(C)(C)c1cc(C(CC(=O)O)c2cc(C(C)(C)C)c(O)c(C(C)(C)C)c2)cc(C(C)(C)C)c1O. The molecule has 0 radical (unpaired) electrons. The highest BCUT2D eigenvalue weighted by Crippen LogP contribution is 2.46. The van der Waals surface area contributed by atoms with Crippen LogP contribution in [0.4, 0.5) is 0 Å². The molecule has 2 aromatic rings. The first-order valence-electron chi connectivity index (χ1n) is 12.5. The lowest BCUT2D eigenvalue weighted by Gasteiger charge is -2.32. The average molecular weight is 483 g/mol. The van der Waals surface area contributed by atoms with E-state index in [4.69, 9.17) is 0 Å². The van der Waals surface area contributed by atoms with Crippen molar-refractivity contribution in [2.75, 3.05) is 0 Å². The van der Waals surface area contributed by atoms with Crippen LogP contribution in [0.1, 0.15) is 129 Å². The summed E-state index contributed by atoms with van der Waals surface area (Å²) >= 11 is 0. The first-order chi connectivity index (χ1) is 15.5. The van der Waals surface area contributed by atoms with Crippen LogP contribution in [0.25, 0.3) is 0 Å². The number of aromatic hydroxyl groups is 2. The molecule has 0 spiro atoms. The van der Waals surface area contributed by atoms with E-state index in [2.05, 4.69) is 83.1 Å². The van der Waals surface area contributed by atoms with E-state index in [9.17, 15) is 20.1 Å². The average Bonchev–Trinajstić information content (AvgIpc) is 2.62. The first-order valence-corrected chi connectivity index (χ1v) is 12.5.